The predicted molar refractivity (Wildman–Crippen MR) is 67.3 cm³/mol. The Hall–Kier alpha value is -2.15. The fourth-order valence-electron chi connectivity index (χ4n) is 1.60. The molecule has 7 nitrogen and oxygen atoms in total. The van der Waals surface area contributed by atoms with Gasteiger partial charge in [-0.2, -0.15) is 0 Å². The van der Waals surface area contributed by atoms with Crippen molar-refractivity contribution in [2.24, 2.45) is 5.11 Å². The van der Waals surface area contributed by atoms with E-state index in [9.17, 15) is 19.4 Å². The molecule has 1 aromatic carbocycles. The summed E-state index contributed by atoms with van der Waals surface area (Å²) < 4.78 is 18.0. The first-order valence-electron chi connectivity index (χ1n) is 5.84. The number of carbonyl (C=O) groups is 1. The number of halogens is 1. The molecular formula is C12H14FN3O4. The van der Waals surface area contributed by atoms with Gasteiger partial charge in [-0.15, -0.1) is 0 Å². The summed E-state index contributed by atoms with van der Waals surface area (Å²) in [6.45, 7) is 1.32. The lowest BCUT2D eigenvalue weighted by Gasteiger charge is -2.19. The Labute approximate surface area is 114 Å². The largest absolute Gasteiger partial charge is 0.462 e. The Morgan fingerprint density at radius 1 is 1.55 bits per heavy atom. The van der Waals surface area contributed by atoms with E-state index >= 15 is 0 Å². The fourth-order valence-corrected chi connectivity index (χ4v) is 1.60. The van der Waals surface area contributed by atoms with Crippen LogP contribution in [-0.2, 0) is 4.74 Å². The maximum atomic E-state index is 13.2. The molecule has 108 valence electrons. The van der Waals surface area contributed by atoms with E-state index in [4.69, 9.17) is 10.3 Å². The number of aliphatic hydroxyl groups excluding tert-OH is 2. The van der Waals surface area contributed by atoms with E-state index in [1.807, 2.05) is 0 Å². The van der Waals surface area contributed by atoms with Crippen molar-refractivity contribution in [3.8, 4) is 0 Å². The molecule has 0 amide bonds. The van der Waals surface area contributed by atoms with Crippen molar-refractivity contribution in [3.05, 3.63) is 45.6 Å². The van der Waals surface area contributed by atoms with Crippen molar-refractivity contribution in [3.63, 3.8) is 0 Å². The normalized spacial score (nSPS) is 13.2. The lowest BCUT2D eigenvalue weighted by Crippen LogP contribution is -2.23. The van der Waals surface area contributed by atoms with Gasteiger partial charge in [-0.1, -0.05) is 5.11 Å². The van der Waals surface area contributed by atoms with Gasteiger partial charge in [0.1, 0.15) is 11.9 Å². The molecule has 2 unspecified atom stereocenters. The lowest BCUT2D eigenvalue weighted by atomic mass is 9.98. The van der Waals surface area contributed by atoms with Gasteiger partial charge < -0.3 is 14.9 Å². The number of hydrogen-bond donors (Lipinski definition) is 2. The van der Waals surface area contributed by atoms with Gasteiger partial charge in [-0.3, -0.25) is 0 Å². The van der Waals surface area contributed by atoms with Crippen LogP contribution in [0.15, 0.2) is 23.3 Å². The molecular weight excluding hydrogens is 269 g/mol. The first-order valence-corrected chi connectivity index (χ1v) is 5.84. The third-order valence-corrected chi connectivity index (χ3v) is 2.52. The molecule has 2 N–H and O–H groups in total. The Balaban J connectivity index is 3.10. The third kappa shape index (κ3) is 3.92. The van der Waals surface area contributed by atoms with Gasteiger partial charge in [0.15, 0.2) is 0 Å². The smallest absolute Gasteiger partial charge is 0.338 e. The molecule has 0 aliphatic rings. The second-order valence-electron chi connectivity index (χ2n) is 3.88. The van der Waals surface area contributed by atoms with Crippen LogP contribution in [0.25, 0.3) is 10.4 Å². The minimum atomic E-state index is -1.57. The van der Waals surface area contributed by atoms with Gasteiger partial charge in [0.25, 0.3) is 0 Å². The van der Waals surface area contributed by atoms with E-state index in [2.05, 4.69) is 10.0 Å². The number of azide groups is 1. The van der Waals surface area contributed by atoms with E-state index in [1.165, 1.54) is 0 Å². The van der Waals surface area contributed by atoms with Gasteiger partial charge in [0.2, 0.25) is 0 Å². The number of carbonyl (C=O) groups excluding carboxylic acids is 1. The topological polar surface area (TPSA) is 116 Å². The van der Waals surface area contributed by atoms with E-state index in [0.29, 0.717) is 0 Å². The van der Waals surface area contributed by atoms with Gasteiger partial charge >= 0.3 is 5.97 Å². The number of rotatable bonds is 6. The van der Waals surface area contributed by atoms with Crippen molar-refractivity contribution >= 4 is 5.97 Å². The molecule has 0 aliphatic carbocycles. The minimum absolute atomic E-state index is 0.0549. The maximum absolute atomic E-state index is 13.2. The van der Waals surface area contributed by atoms with Crippen LogP contribution in [0, 0.1) is 5.82 Å². The van der Waals surface area contributed by atoms with Crippen molar-refractivity contribution in [2.45, 2.75) is 19.1 Å². The van der Waals surface area contributed by atoms with Crippen LogP contribution in [0.3, 0.4) is 0 Å². The standard InChI is InChI=1S/C12H14FN3O4/c1-2-20-12(19)8-4-3-7(13)5-9(8)11(18)10(17)6-15-16-14/h3-5,10-11,17-18H,2,6H2,1H3. The van der Waals surface area contributed by atoms with E-state index in [1.54, 1.807) is 6.92 Å². The highest BCUT2D eigenvalue weighted by atomic mass is 19.1. The summed E-state index contributed by atoms with van der Waals surface area (Å²) in [4.78, 5) is 14.1. The summed E-state index contributed by atoms with van der Waals surface area (Å²) in [5.41, 5.74) is 7.98. The van der Waals surface area contributed by atoms with E-state index in [-0.39, 0.29) is 17.7 Å². The molecule has 0 saturated carbocycles. The molecule has 8 heteroatoms. The second kappa shape index (κ2) is 7.44. The zero-order valence-electron chi connectivity index (χ0n) is 10.7. The summed E-state index contributed by atoms with van der Waals surface area (Å²) in [7, 11) is 0. The number of esters is 1. The van der Waals surface area contributed by atoms with Gasteiger partial charge in [-0.25, -0.2) is 9.18 Å². The molecule has 0 aromatic heterocycles. The van der Waals surface area contributed by atoms with E-state index < -0.39 is 30.5 Å². The van der Waals surface area contributed by atoms with Crippen molar-refractivity contribution in [1.29, 1.82) is 0 Å². The highest BCUT2D eigenvalue weighted by Crippen LogP contribution is 2.23. The zero-order chi connectivity index (χ0) is 15.1. The number of aliphatic hydroxyl groups is 2. The SMILES string of the molecule is CCOC(=O)c1ccc(F)cc1C(O)C(O)CN=[N+]=[N-]. The number of ether oxygens (including phenoxy) is 1. The highest BCUT2D eigenvalue weighted by Gasteiger charge is 2.24. The molecule has 0 bridgehead atoms. The van der Waals surface area contributed by atoms with Crippen LogP contribution in [0.5, 0.6) is 0 Å². The van der Waals surface area contributed by atoms with Gasteiger partial charge in [0, 0.05) is 10.5 Å². The first-order chi connectivity index (χ1) is 9.51. The monoisotopic (exact) mass is 283 g/mol. The molecule has 1 aromatic rings. The van der Waals surface area contributed by atoms with Crippen LogP contribution in [0.2, 0.25) is 0 Å². The van der Waals surface area contributed by atoms with Crippen molar-refractivity contribution in [2.75, 3.05) is 13.2 Å². The highest BCUT2D eigenvalue weighted by molar-refractivity contribution is 5.91. The zero-order valence-corrected chi connectivity index (χ0v) is 10.7. The van der Waals surface area contributed by atoms with Crippen molar-refractivity contribution in [1.82, 2.24) is 0 Å². The fraction of sp³-hybridized carbons (Fsp3) is 0.417. The quantitative estimate of drug-likeness (QED) is 0.358. The average Bonchev–Trinajstić information content (AvgIpc) is 2.43. The molecule has 1 rings (SSSR count). The van der Waals surface area contributed by atoms with Crippen molar-refractivity contribution < 1.29 is 24.1 Å². The first kappa shape index (κ1) is 15.9. The maximum Gasteiger partial charge on any atom is 0.338 e. The summed E-state index contributed by atoms with van der Waals surface area (Å²) in [5, 5.41) is 22.7. The lowest BCUT2D eigenvalue weighted by molar-refractivity contribution is 0.0223. The van der Waals surface area contributed by atoms with Crippen LogP contribution >= 0.6 is 0 Å². The molecule has 0 radical (unpaired) electrons. The molecule has 0 spiro atoms. The van der Waals surface area contributed by atoms with Crippen LogP contribution in [0.1, 0.15) is 28.9 Å². The molecule has 0 heterocycles. The van der Waals surface area contributed by atoms with Crippen LogP contribution in [-0.4, -0.2) is 35.4 Å². The molecule has 20 heavy (non-hydrogen) atoms. The molecule has 0 saturated heterocycles. The molecule has 0 aliphatic heterocycles. The van der Waals surface area contributed by atoms with E-state index in [0.717, 1.165) is 18.2 Å². The van der Waals surface area contributed by atoms with Crippen LogP contribution < -0.4 is 0 Å². The Morgan fingerprint density at radius 2 is 2.25 bits per heavy atom. The Morgan fingerprint density at radius 3 is 2.85 bits per heavy atom. The minimum Gasteiger partial charge on any atom is -0.462 e. The number of nitrogens with zero attached hydrogens (tertiary/aromatic N) is 3. The number of benzene rings is 1. The predicted octanol–water partition coefficient (Wildman–Crippen LogP) is 1.71. The Bertz CT molecular complexity index is 531. The van der Waals surface area contributed by atoms with Gasteiger partial charge in [-0.05, 0) is 30.7 Å². The molecule has 0 fully saturated rings. The van der Waals surface area contributed by atoms with Crippen LogP contribution in [0.4, 0.5) is 4.39 Å². The summed E-state index contributed by atoms with van der Waals surface area (Å²) >= 11 is 0. The summed E-state index contributed by atoms with van der Waals surface area (Å²) in [6.07, 6.45) is -3.03. The van der Waals surface area contributed by atoms with Gasteiger partial charge in [0.05, 0.1) is 24.8 Å². The third-order valence-electron chi connectivity index (χ3n) is 2.52. The molecule has 2 atom stereocenters. The summed E-state index contributed by atoms with van der Waals surface area (Å²) in [6, 6.07) is 3.13. The average molecular weight is 283 g/mol. The summed E-state index contributed by atoms with van der Waals surface area (Å²) in [5.74, 6) is -1.42. The number of hydrogen-bond acceptors (Lipinski definition) is 5. The second-order valence-corrected chi connectivity index (χ2v) is 3.88. The Kier molecular flexibility index (Phi) is 5.92.